The minimum absolute atomic E-state index is 0.478. The standard InChI is InChI=1S/C14H14Cl2N4O/c15-10-2-1-3-11(13(10)16)18-12-4-5-17-14(19-12)20-6-8-21-9-7-20/h1-5H,6-9H2,(H,17,18,19). The fourth-order valence-electron chi connectivity index (χ4n) is 2.07. The number of aromatic nitrogens is 2. The molecule has 0 aliphatic carbocycles. The highest BCUT2D eigenvalue weighted by Crippen LogP contribution is 2.31. The van der Waals surface area contributed by atoms with Crippen molar-refractivity contribution in [3.05, 3.63) is 40.5 Å². The molecule has 0 amide bonds. The van der Waals surface area contributed by atoms with E-state index in [4.69, 9.17) is 27.9 Å². The molecule has 1 aliphatic rings. The van der Waals surface area contributed by atoms with Crippen LogP contribution in [0, 0.1) is 0 Å². The molecule has 1 saturated heterocycles. The minimum atomic E-state index is 0.478. The Morgan fingerprint density at radius 1 is 1.14 bits per heavy atom. The molecule has 0 atom stereocenters. The number of hydrogen-bond donors (Lipinski definition) is 1. The van der Waals surface area contributed by atoms with E-state index in [0.29, 0.717) is 35.0 Å². The molecule has 0 unspecified atom stereocenters. The summed E-state index contributed by atoms with van der Waals surface area (Å²) in [6.07, 6.45) is 1.72. The minimum Gasteiger partial charge on any atom is -0.378 e. The third-order valence-electron chi connectivity index (χ3n) is 3.15. The zero-order valence-electron chi connectivity index (χ0n) is 11.2. The van der Waals surface area contributed by atoms with E-state index in [1.54, 1.807) is 18.3 Å². The monoisotopic (exact) mass is 324 g/mol. The second kappa shape index (κ2) is 6.47. The van der Waals surface area contributed by atoms with Gasteiger partial charge in [-0.2, -0.15) is 4.98 Å². The lowest BCUT2D eigenvalue weighted by Gasteiger charge is -2.26. The fourth-order valence-corrected chi connectivity index (χ4v) is 2.42. The number of anilines is 3. The van der Waals surface area contributed by atoms with E-state index in [-0.39, 0.29) is 0 Å². The van der Waals surface area contributed by atoms with Crippen molar-refractivity contribution in [3.63, 3.8) is 0 Å². The molecule has 2 heterocycles. The van der Waals surface area contributed by atoms with Crippen LogP contribution in [0.25, 0.3) is 0 Å². The van der Waals surface area contributed by atoms with E-state index in [1.165, 1.54) is 0 Å². The van der Waals surface area contributed by atoms with Crippen LogP contribution in [0.4, 0.5) is 17.5 Å². The number of ether oxygens (including phenoxy) is 1. The van der Waals surface area contributed by atoms with Gasteiger partial charge in [0.25, 0.3) is 0 Å². The molecule has 5 nitrogen and oxygen atoms in total. The highest BCUT2D eigenvalue weighted by Gasteiger charge is 2.14. The van der Waals surface area contributed by atoms with Crippen LogP contribution < -0.4 is 10.2 Å². The molecule has 21 heavy (non-hydrogen) atoms. The van der Waals surface area contributed by atoms with Crippen LogP contribution in [0.5, 0.6) is 0 Å². The van der Waals surface area contributed by atoms with Gasteiger partial charge < -0.3 is 15.0 Å². The lowest BCUT2D eigenvalue weighted by Crippen LogP contribution is -2.37. The summed E-state index contributed by atoms with van der Waals surface area (Å²) < 4.78 is 5.33. The maximum Gasteiger partial charge on any atom is 0.227 e. The Hall–Kier alpha value is -1.56. The van der Waals surface area contributed by atoms with Crippen molar-refractivity contribution in [1.29, 1.82) is 0 Å². The smallest absolute Gasteiger partial charge is 0.227 e. The lowest BCUT2D eigenvalue weighted by atomic mass is 10.3. The van der Waals surface area contributed by atoms with Gasteiger partial charge in [0.05, 0.1) is 28.9 Å². The number of benzene rings is 1. The van der Waals surface area contributed by atoms with Gasteiger partial charge in [-0.1, -0.05) is 29.3 Å². The number of halogens is 2. The van der Waals surface area contributed by atoms with Crippen molar-refractivity contribution in [1.82, 2.24) is 9.97 Å². The molecule has 0 spiro atoms. The molecule has 1 aromatic heterocycles. The van der Waals surface area contributed by atoms with E-state index in [0.717, 1.165) is 18.8 Å². The van der Waals surface area contributed by atoms with Crippen LogP contribution in [-0.4, -0.2) is 36.3 Å². The summed E-state index contributed by atoms with van der Waals surface area (Å²) in [7, 11) is 0. The van der Waals surface area contributed by atoms with Crippen LogP contribution >= 0.6 is 23.2 Å². The molecule has 7 heteroatoms. The topological polar surface area (TPSA) is 50.3 Å². The first-order valence-electron chi connectivity index (χ1n) is 6.61. The molecule has 0 radical (unpaired) electrons. The van der Waals surface area contributed by atoms with Crippen molar-refractivity contribution >= 4 is 40.7 Å². The molecule has 1 N–H and O–H groups in total. The predicted molar refractivity (Wildman–Crippen MR) is 84.8 cm³/mol. The van der Waals surface area contributed by atoms with Crippen molar-refractivity contribution in [2.75, 3.05) is 36.5 Å². The van der Waals surface area contributed by atoms with Crippen molar-refractivity contribution in [2.24, 2.45) is 0 Å². The van der Waals surface area contributed by atoms with Crippen molar-refractivity contribution in [3.8, 4) is 0 Å². The predicted octanol–water partition coefficient (Wildman–Crippen LogP) is 3.36. The van der Waals surface area contributed by atoms with E-state index in [9.17, 15) is 0 Å². The van der Waals surface area contributed by atoms with Crippen LogP contribution in [0.15, 0.2) is 30.5 Å². The number of rotatable bonds is 3. The number of nitrogens with zero attached hydrogens (tertiary/aromatic N) is 3. The van der Waals surface area contributed by atoms with Gasteiger partial charge in [-0.25, -0.2) is 4.98 Å². The largest absolute Gasteiger partial charge is 0.378 e. The fraction of sp³-hybridized carbons (Fsp3) is 0.286. The lowest BCUT2D eigenvalue weighted by molar-refractivity contribution is 0.122. The number of nitrogens with one attached hydrogen (secondary N) is 1. The second-order valence-corrected chi connectivity index (χ2v) is 5.35. The number of morpholine rings is 1. The van der Waals surface area contributed by atoms with E-state index < -0.39 is 0 Å². The Morgan fingerprint density at radius 3 is 2.76 bits per heavy atom. The molecule has 0 saturated carbocycles. The maximum absolute atomic E-state index is 6.17. The Morgan fingerprint density at radius 2 is 1.95 bits per heavy atom. The molecular weight excluding hydrogens is 311 g/mol. The summed E-state index contributed by atoms with van der Waals surface area (Å²) in [4.78, 5) is 10.9. The molecule has 3 rings (SSSR count). The normalized spacial score (nSPS) is 15.0. The van der Waals surface area contributed by atoms with Gasteiger partial charge in [0.15, 0.2) is 0 Å². The maximum atomic E-state index is 6.17. The summed E-state index contributed by atoms with van der Waals surface area (Å²) in [5.41, 5.74) is 0.718. The molecular formula is C14H14Cl2N4O. The van der Waals surface area contributed by atoms with Gasteiger partial charge in [0, 0.05) is 19.3 Å². The molecule has 2 aromatic rings. The van der Waals surface area contributed by atoms with Gasteiger partial charge in [-0.15, -0.1) is 0 Å². The molecule has 1 fully saturated rings. The van der Waals surface area contributed by atoms with E-state index >= 15 is 0 Å². The van der Waals surface area contributed by atoms with Gasteiger partial charge in [-0.3, -0.25) is 0 Å². The van der Waals surface area contributed by atoms with Crippen LogP contribution in [0.1, 0.15) is 0 Å². The summed E-state index contributed by atoms with van der Waals surface area (Å²) in [6, 6.07) is 7.22. The first-order valence-corrected chi connectivity index (χ1v) is 7.36. The van der Waals surface area contributed by atoms with Crippen LogP contribution in [0.3, 0.4) is 0 Å². The zero-order chi connectivity index (χ0) is 14.7. The third-order valence-corrected chi connectivity index (χ3v) is 3.97. The molecule has 1 aromatic carbocycles. The first kappa shape index (κ1) is 14.4. The zero-order valence-corrected chi connectivity index (χ0v) is 12.7. The Labute approximate surface area is 132 Å². The van der Waals surface area contributed by atoms with Crippen molar-refractivity contribution < 1.29 is 4.74 Å². The molecule has 1 aliphatic heterocycles. The summed E-state index contributed by atoms with van der Waals surface area (Å²) in [6.45, 7) is 2.98. The van der Waals surface area contributed by atoms with E-state index in [1.807, 2.05) is 12.1 Å². The van der Waals surface area contributed by atoms with Gasteiger partial charge in [0.1, 0.15) is 5.82 Å². The summed E-state index contributed by atoms with van der Waals surface area (Å²) >= 11 is 12.2. The Balaban J connectivity index is 1.81. The van der Waals surface area contributed by atoms with Crippen LogP contribution in [-0.2, 0) is 4.74 Å². The first-order chi connectivity index (χ1) is 10.2. The van der Waals surface area contributed by atoms with Gasteiger partial charge in [0.2, 0.25) is 5.95 Å². The SMILES string of the molecule is Clc1cccc(Nc2ccnc(N3CCOCC3)n2)c1Cl. The molecule has 0 bridgehead atoms. The van der Waals surface area contributed by atoms with Crippen molar-refractivity contribution in [2.45, 2.75) is 0 Å². The summed E-state index contributed by atoms with van der Waals surface area (Å²) in [5.74, 6) is 1.36. The quantitative estimate of drug-likeness (QED) is 0.938. The van der Waals surface area contributed by atoms with E-state index in [2.05, 4.69) is 20.2 Å². The highest BCUT2D eigenvalue weighted by atomic mass is 35.5. The number of hydrogen-bond acceptors (Lipinski definition) is 5. The highest BCUT2D eigenvalue weighted by molar-refractivity contribution is 6.43. The molecule has 110 valence electrons. The van der Waals surface area contributed by atoms with Gasteiger partial charge >= 0.3 is 0 Å². The average Bonchev–Trinajstić information content (AvgIpc) is 2.53. The Bertz CT molecular complexity index is 632. The Kier molecular flexibility index (Phi) is 4.43. The van der Waals surface area contributed by atoms with Crippen LogP contribution in [0.2, 0.25) is 10.0 Å². The summed E-state index contributed by atoms with van der Waals surface area (Å²) in [5, 5.41) is 4.15. The third kappa shape index (κ3) is 3.37. The average molecular weight is 325 g/mol. The second-order valence-electron chi connectivity index (χ2n) is 4.57. The van der Waals surface area contributed by atoms with Gasteiger partial charge in [-0.05, 0) is 18.2 Å².